The third kappa shape index (κ3) is 2.46. The quantitative estimate of drug-likeness (QED) is 0.611. The fraction of sp³-hybridized carbons (Fsp3) is 0.133. The van der Waals surface area contributed by atoms with Crippen molar-refractivity contribution < 1.29 is 9.18 Å². The maximum atomic E-state index is 13.7. The summed E-state index contributed by atoms with van der Waals surface area (Å²) in [6.45, 7) is 1.68. The van der Waals surface area contributed by atoms with E-state index in [-0.39, 0.29) is 11.6 Å². The van der Waals surface area contributed by atoms with Crippen molar-refractivity contribution in [3.05, 3.63) is 65.0 Å². The summed E-state index contributed by atoms with van der Waals surface area (Å²) in [5.74, 6) is -0.318. The fourth-order valence-electron chi connectivity index (χ4n) is 1.77. The van der Waals surface area contributed by atoms with E-state index in [1.807, 2.05) is 18.2 Å². The predicted molar refractivity (Wildman–Crippen MR) is 72.8 cm³/mol. The average molecular weight is 260 g/mol. The molecule has 0 bridgehead atoms. The number of thioether (sulfide) groups is 1. The van der Waals surface area contributed by atoms with Crippen LogP contribution in [0.25, 0.3) is 0 Å². The van der Waals surface area contributed by atoms with Gasteiger partial charge in [0, 0.05) is 16.0 Å². The number of carbonyl (C=O) groups is 1. The molecule has 2 aromatic carbocycles. The molecule has 3 heteroatoms. The first-order chi connectivity index (χ1) is 8.63. The van der Waals surface area contributed by atoms with Crippen molar-refractivity contribution in [2.45, 2.75) is 11.8 Å². The van der Waals surface area contributed by atoms with Crippen LogP contribution in [0, 0.1) is 12.7 Å². The molecule has 0 aliphatic rings. The minimum Gasteiger partial charge on any atom is -0.289 e. The Balaban J connectivity index is 2.46. The van der Waals surface area contributed by atoms with E-state index in [9.17, 15) is 9.18 Å². The standard InChI is InChI=1S/C15H13FOS/c1-10-8-12(9-13(18-2)14(10)16)15(17)11-6-4-3-5-7-11/h3-9H,1-2H3. The molecule has 0 atom stereocenters. The van der Waals surface area contributed by atoms with Gasteiger partial charge in [-0.3, -0.25) is 4.79 Å². The number of benzene rings is 2. The molecule has 0 N–H and O–H groups in total. The van der Waals surface area contributed by atoms with Gasteiger partial charge in [-0.05, 0) is 30.9 Å². The lowest BCUT2D eigenvalue weighted by atomic mass is 10.0. The maximum absolute atomic E-state index is 13.7. The Kier molecular flexibility index (Phi) is 3.82. The molecule has 0 aromatic heterocycles. The lowest BCUT2D eigenvalue weighted by molar-refractivity contribution is 0.103. The number of aryl methyl sites for hydroxylation is 1. The first-order valence-electron chi connectivity index (χ1n) is 5.57. The highest BCUT2D eigenvalue weighted by Crippen LogP contribution is 2.25. The zero-order valence-corrected chi connectivity index (χ0v) is 11.1. The van der Waals surface area contributed by atoms with Crippen molar-refractivity contribution >= 4 is 17.5 Å². The third-order valence-electron chi connectivity index (χ3n) is 2.74. The van der Waals surface area contributed by atoms with Crippen LogP contribution in [0.1, 0.15) is 21.5 Å². The minimum atomic E-state index is -0.243. The summed E-state index contributed by atoms with van der Waals surface area (Å²) in [6.07, 6.45) is 1.80. The van der Waals surface area contributed by atoms with Crippen molar-refractivity contribution in [1.82, 2.24) is 0 Å². The van der Waals surface area contributed by atoms with E-state index in [2.05, 4.69) is 0 Å². The molecule has 0 aliphatic heterocycles. The van der Waals surface area contributed by atoms with Crippen LogP contribution in [0.5, 0.6) is 0 Å². The van der Waals surface area contributed by atoms with Gasteiger partial charge in [0.1, 0.15) is 5.82 Å². The highest BCUT2D eigenvalue weighted by Gasteiger charge is 2.13. The summed E-state index contributed by atoms with van der Waals surface area (Å²) in [5, 5.41) is 0. The molecule has 0 unspecified atom stereocenters. The van der Waals surface area contributed by atoms with Crippen molar-refractivity contribution in [3.63, 3.8) is 0 Å². The van der Waals surface area contributed by atoms with E-state index >= 15 is 0 Å². The Morgan fingerprint density at radius 3 is 2.39 bits per heavy atom. The van der Waals surface area contributed by atoms with Gasteiger partial charge in [-0.2, -0.15) is 0 Å². The van der Waals surface area contributed by atoms with Gasteiger partial charge in [-0.25, -0.2) is 4.39 Å². The Hall–Kier alpha value is -1.61. The molecule has 0 saturated heterocycles. The summed E-state index contributed by atoms with van der Waals surface area (Å²) < 4.78 is 13.7. The maximum Gasteiger partial charge on any atom is 0.193 e. The highest BCUT2D eigenvalue weighted by molar-refractivity contribution is 7.98. The zero-order chi connectivity index (χ0) is 13.1. The normalized spacial score (nSPS) is 10.4. The van der Waals surface area contributed by atoms with Gasteiger partial charge in [0.15, 0.2) is 5.78 Å². The first kappa shape index (κ1) is 12.8. The molecule has 1 nitrogen and oxygen atoms in total. The number of rotatable bonds is 3. The van der Waals surface area contributed by atoms with E-state index in [4.69, 9.17) is 0 Å². The summed E-state index contributed by atoms with van der Waals surface area (Å²) >= 11 is 1.31. The predicted octanol–water partition coefficient (Wildman–Crippen LogP) is 4.09. The molecule has 0 amide bonds. The molecule has 0 fully saturated rings. The zero-order valence-electron chi connectivity index (χ0n) is 10.2. The second-order valence-electron chi connectivity index (χ2n) is 4.00. The number of hydrogen-bond donors (Lipinski definition) is 0. The van der Waals surface area contributed by atoms with Crippen LogP contribution in [0.15, 0.2) is 47.4 Å². The van der Waals surface area contributed by atoms with E-state index in [0.717, 1.165) is 0 Å². The molecular weight excluding hydrogens is 247 g/mol. The molecule has 0 saturated carbocycles. The minimum absolute atomic E-state index is 0.0750. The number of halogens is 1. The largest absolute Gasteiger partial charge is 0.289 e. The van der Waals surface area contributed by atoms with Crippen LogP contribution < -0.4 is 0 Å². The van der Waals surface area contributed by atoms with Crippen LogP contribution in [0.4, 0.5) is 4.39 Å². The molecule has 2 rings (SSSR count). The van der Waals surface area contributed by atoms with Crippen molar-refractivity contribution in [2.24, 2.45) is 0 Å². The van der Waals surface area contributed by atoms with E-state index in [1.165, 1.54) is 11.8 Å². The lowest BCUT2D eigenvalue weighted by Crippen LogP contribution is -2.03. The smallest absolute Gasteiger partial charge is 0.193 e. The van der Waals surface area contributed by atoms with Gasteiger partial charge in [-0.15, -0.1) is 11.8 Å². The molecule has 0 heterocycles. The SMILES string of the molecule is CSc1cc(C(=O)c2ccccc2)cc(C)c1F. The van der Waals surface area contributed by atoms with Crippen molar-refractivity contribution in [3.8, 4) is 0 Å². The van der Waals surface area contributed by atoms with Gasteiger partial charge in [-0.1, -0.05) is 30.3 Å². The topological polar surface area (TPSA) is 17.1 Å². The summed E-state index contributed by atoms with van der Waals surface area (Å²) in [5.41, 5.74) is 1.65. The monoisotopic (exact) mass is 260 g/mol. The highest BCUT2D eigenvalue weighted by atomic mass is 32.2. The van der Waals surface area contributed by atoms with Crippen molar-refractivity contribution in [2.75, 3.05) is 6.26 Å². The lowest BCUT2D eigenvalue weighted by Gasteiger charge is -2.07. The number of carbonyl (C=O) groups excluding carboxylic acids is 1. The first-order valence-corrected chi connectivity index (χ1v) is 6.80. The third-order valence-corrected chi connectivity index (χ3v) is 3.48. The van der Waals surface area contributed by atoms with Crippen LogP contribution >= 0.6 is 11.8 Å². The molecule has 0 aliphatic carbocycles. The number of hydrogen-bond acceptors (Lipinski definition) is 2. The average Bonchev–Trinajstić information content (AvgIpc) is 2.42. The van der Waals surface area contributed by atoms with Gasteiger partial charge < -0.3 is 0 Å². The van der Waals surface area contributed by atoms with Crippen LogP contribution in [0.3, 0.4) is 0 Å². The van der Waals surface area contributed by atoms with Crippen LogP contribution in [0.2, 0.25) is 0 Å². The Morgan fingerprint density at radius 2 is 1.78 bits per heavy atom. The van der Waals surface area contributed by atoms with Crippen LogP contribution in [-0.2, 0) is 0 Å². The Labute approximate surface area is 110 Å². The summed E-state index contributed by atoms with van der Waals surface area (Å²) in [7, 11) is 0. The van der Waals surface area contributed by atoms with Crippen LogP contribution in [-0.4, -0.2) is 12.0 Å². The van der Waals surface area contributed by atoms with Gasteiger partial charge in [0.05, 0.1) is 0 Å². The Bertz CT molecular complexity index is 579. The molecule has 92 valence electrons. The molecule has 0 radical (unpaired) electrons. The molecule has 2 aromatic rings. The summed E-state index contributed by atoms with van der Waals surface area (Å²) in [6, 6.07) is 12.2. The van der Waals surface area contributed by atoms with E-state index in [0.29, 0.717) is 21.6 Å². The van der Waals surface area contributed by atoms with E-state index in [1.54, 1.807) is 37.4 Å². The van der Waals surface area contributed by atoms with E-state index < -0.39 is 0 Å². The number of ketones is 1. The molecule has 0 spiro atoms. The molecule has 18 heavy (non-hydrogen) atoms. The fourth-order valence-corrected chi connectivity index (χ4v) is 2.36. The second-order valence-corrected chi connectivity index (χ2v) is 4.85. The van der Waals surface area contributed by atoms with Gasteiger partial charge in [0.2, 0.25) is 0 Å². The van der Waals surface area contributed by atoms with Gasteiger partial charge in [0.25, 0.3) is 0 Å². The van der Waals surface area contributed by atoms with Crippen molar-refractivity contribution in [1.29, 1.82) is 0 Å². The molecular formula is C15H13FOS. The summed E-state index contributed by atoms with van der Waals surface area (Å²) in [4.78, 5) is 12.8. The Morgan fingerprint density at radius 1 is 1.11 bits per heavy atom. The van der Waals surface area contributed by atoms with Gasteiger partial charge >= 0.3 is 0 Å². The second kappa shape index (κ2) is 5.36.